The summed E-state index contributed by atoms with van der Waals surface area (Å²) in [5, 5.41) is 21.6. The van der Waals surface area contributed by atoms with Crippen LogP contribution < -0.4 is 4.90 Å². The lowest BCUT2D eigenvalue weighted by Gasteiger charge is -2.36. The van der Waals surface area contributed by atoms with Crippen LogP contribution >= 0.6 is 0 Å². The van der Waals surface area contributed by atoms with Crippen molar-refractivity contribution in [2.45, 2.75) is 0 Å². The van der Waals surface area contributed by atoms with Crippen molar-refractivity contribution >= 4 is 22.1 Å². The number of anilines is 1. The Hall–Kier alpha value is -2.25. The van der Waals surface area contributed by atoms with Gasteiger partial charge < -0.3 is 10.0 Å². The summed E-state index contributed by atoms with van der Waals surface area (Å²) >= 11 is 0. The average Bonchev–Trinajstić information content (AvgIpc) is 2.55. The van der Waals surface area contributed by atoms with Crippen molar-refractivity contribution in [2.24, 2.45) is 0 Å². The van der Waals surface area contributed by atoms with E-state index in [0.29, 0.717) is 11.9 Å². The van der Waals surface area contributed by atoms with Crippen molar-refractivity contribution in [3.8, 4) is 0 Å². The van der Waals surface area contributed by atoms with E-state index in [2.05, 4.69) is 14.8 Å². The van der Waals surface area contributed by atoms with Crippen LogP contribution in [0.5, 0.6) is 0 Å². The molecule has 0 spiro atoms. The van der Waals surface area contributed by atoms with Gasteiger partial charge in [-0.1, -0.05) is 0 Å². The topological polar surface area (TPSA) is 82.7 Å². The highest BCUT2D eigenvalue weighted by Gasteiger charge is 2.21. The van der Waals surface area contributed by atoms with Crippen molar-refractivity contribution in [3.63, 3.8) is 0 Å². The fourth-order valence-electron chi connectivity index (χ4n) is 2.95. The molecule has 1 aromatic heterocycles. The molecule has 22 heavy (non-hydrogen) atoms. The standard InChI is InChI=1S/C15H18N4O3/c20-10-9-17-5-7-18(8-6-17)14-1-2-15(19(21)22)13-11-16-4-3-12(13)14/h1-4,11,20H,5-10H2. The van der Waals surface area contributed by atoms with Gasteiger partial charge in [0.1, 0.15) is 0 Å². The van der Waals surface area contributed by atoms with E-state index < -0.39 is 0 Å². The first kappa shape index (κ1) is 14.7. The van der Waals surface area contributed by atoms with Crippen LogP contribution in [0.25, 0.3) is 10.8 Å². The van der Waals surface area contributed by atoms with Gasteiger partial charge in [0.05, 0.1) is 16.9 Å². The fraction of sp³-hybridized carbons (Fsp3) is 0.400. The Bertz CT molecular complexity index is 684. The number of fused-ring (bicyclic) bond motifs is 1. The number of hydrogen-bond acceptors (Lipinski definition) is 6. The lowest BCUT2D eigenvalue weighted by atomic mass is 10.1. The summed E-state index contributed by atoms with van der Waals surface area (Å²) in [5.41, 5.74) is 1.09. The number of nitro groups is 1. The molecule has 1 aliphatic heterocycles. The van der Waals surface area contributed by atoms with Gasteiger partial charge in [0.15, 0.2) is 0 Å². The number of pyridine rings is 1. The van der Waals surface area contributed by atoms with Gasteiger partial charge in [-0.3, -0.25) is 20.0 Å². The van der Waals surface area contributed by atoms with Crippen molar-refractivity contribution in [1.29, 1.82) is 0 Å². The second-order valence-corrected chi connectivity index (χ2v) is 5.33. The number of non-ortho nitro benzene ring substituents is 1. The molecule has 116 valence electrons. The van der Waals surface area contributed by atoms with Crippen LogP contribution in [0, 0.1) is 10.1 Å². The molecule has 1 N–H and O–H groups in total. The predicted molar refractivity (Wildman–Crippen MR) is 84.1 cm³/mol. The van der Waals surface area contributed by atoms with E-state index >= 15 is 0 Å². The molecular weight excluding hydrogens is 284 g/mol. The molecule has 1 fully saturated rings. The van der Waals surface area contributed by atoms with Crippen LogP contribution in [0.3, 0.4) is 0 Å². The van der Waals surface area contributed by atoms with Gasteiger partial charge in [-0.15, -0.1) is 0 Å². The first-order valence-electron chi connectivity index (χ1n) is 7.30. The van der Waals surface area contributed by atoms with Gasteiger partial charge in [-0.2, -0.15) is 0 Å². The van der Waals surface area contributed by atoms with E-state index in [1.165, 1.54) is 0 Å². The van der Waals surface area contributed by atoms with E-state index in [1.54, 1.807) is 18.5 Å². The van der Waals surface area contributed by atoms with Gasteiger partial charge in [-0.25, -0.2) is 0 Å². The fourth-order valence-corrected chi connectivity index (χ4v) is 2.95. The predicted octanol–water partition coefficient (Wildman–Crippen LogP) is 1.26. The normalized spacial score (nSPS) is 16.1. The summed E-state index contributed by atoms with van der Waals surface area (Å²) in [5.74, 6) is 0. The number of aliphatic hydroxyl groups excluding tert-OH is 1. The smallest absolute Gasteiger partial charge is 0.278 e. The zero-order valence-electron chi connectivity index (χ0n) is 12.2. The van der Waals surface area contributed by atoms with Gasteiger partial charge in [-0.05, 0) is 12.1 Å². The van der Waals surface area contributed by atoms with Gasteiger partial charge in [0.25, 0.3) is 5.69 Å². The Kier molecular flexibility index (Phi) is 4.17. The minimum absolute atomic E-state index is 0.0887. The largest absolute Gasteiger partial charge is 0.395 e. The Labute approximate surface area is 127 Å². The molecule has 3 rings (SSSR count). The first-order valence-corrected chi connectivity index (χ1v) is 7.30. The lowest BCUT2D eigenvalue weighted by Crippen LogP contribution is -2.47. The summed E-state index contributed by atoms with van der Waals surface area (Å²) < 4.78 is 0. The van der Waals surface area contributed by atoms with Crippen molar-refractivity contribution in [3.05, 3.63) is 40.7 Å². The van der Waals surface area contributed by atoms with E-state index in [1.807, 2.05) is 12.1 Å². The Morgan fingerprint density at radius 1 is 1.18 bits per heavy atom. The Balaban J connectivity index is 1.92. The number of piperazine rings is 1. The van der Waals surface area contributed by atoms with Crippen molar-refractivity contribution in [2.75, 3.05) is 44.2 Å². The molecule has 2 aromatic rings. The number of aliphatic hydroxyl groups is 1. The van der Waals surface area contributed by atoms with E-state index in [0.717, 1.165) is 37.3 Å². The van der Waals surface area contributed by atoms with Gasteiger partial charge in [0, 0.05) is 62.3 Å². The van der Waals surface area contributed by atoms with Crippen LogP contribution in [0.15, 0.2) is 30.6 Å². The number of nitrogens with zero attached hydrogens (tertiary/aromatic N) is 4. The number of aromatic nitrogens is 1. The maximum atomic E-state index is 11.2. The highest BCUT2D eigenvalue weighted by Crippen LogP contribution is 2.33. The minimum atomic E-state index is -0.368. The van der Waals surface area contributed by atoms with E-state index in [9.17, 15) is 10.1 Å². The zero-order chi connectivity index (χ0) is 15.5. The maximum absolute atomic E-state index is 11.2. The first-order chi connectivity index (χ1) is 10.7. The summed E-state index contributed by atoms with van der Waals surface area (Å²) in [6.07, 6.45) is 3.22. The second kappa shape index (κ2) is 6.25. The molecule has 0 radical (unpaired) electrons. The van der Waals surface area contributed by atoms with Crippen LogP contribution in [0.4, 0.5) is 11.4 Å². The summed E-state index contributed by atoms with van der Waals surface area (Å²) in [6.45, 7) is 4.31. The third-order valence-electron chi connectivity index (χ3n) is 4.10. The van der Waals surface area contributed by atoms with Crippen LogP contribution in [0.2, 0.25) is 0 Å². The second-order valence-electron chi connectivity index (χ2n) is 5.33. The quantitative estimate of drug-likeness (QED) is 0.676. The van der Waals surface area contributed by atoms with Crippen molar-refractivity contribution in [1.82, 2.24) is 9.88 Å². The molecule has 0 amide bonds. The Morgan fingerprint density at radius 3 is 2.64 bits per heavy atom. The number of β-amino-alcohol motifs (C(OH)–C–C–N with tert-alkyl or cyclic N) is 1. The molecule has 0 aliphatic carbocycles. The monoisotopic (exact) mass is 302 g/mol. The molecule has 0 saturated carbocycles. The average molecular weight is 302 g/mol. The third-order valence-corrected chi connectivity index (χ3v) is 4.10. The maximum Gasteiger partial charge on any atom is 0.278 e. The molecule has 1 aromatic carbocycles. The summed E-state index contributed by atoms with van der Waals surface area (Å²) in [6, 6.07) is 5.21. The van der Waals surface area contributed by atoms with E-state index in [-0.39, 0.29) is 17.2 Å². The van der Waals surface area contributed by atoms with Gasteiger partial charge in [0.2, 0.25) is 0 Å². The summed E-state index contributed by atoms with van der Waals surface area (Å²) in [7, 11) is 0. The Morgan fingerprint density at radius 2 is 1.95 bits per heavy atom. The molecule has 0 bridgehead atoms. The van der Waals surface area contributed by atoms with Crippen LogP contribution in [-0.2, 0) is 0 Å². The highest BCUT2D eigenvalue weighted by molar-refractivity contribution is 5.99. The molecule has 1 aliphatic rings. The zero-order valence-corrected chi connectivity index (χ0v) is 12.2. The van der Waals surface area contributed by atoms with E-state index in [4.69, 9.17) is 5.11 Å². The van der Waals surface area contributed by atoms with Gasteiger partial charge >= 0.3 is 0 Å². The highest BCUT2D eigenvalue weighted by atomic mass is 16.6. The van der Waals surface area contributed by atoms with Crippen LogP contribution in [-0.4, -0.2) is 59.2 Å². The molecule has 0 atom stereocenters. The molecule has 0 unspecified atom stereocenters. The lowest BCUT2D eigenvalue weighted by molar-refractivity contribution is -0.383. The number of benzene rings is 1. The molecule has 2 heterocycles. The summed E-state index contributed by atoms with van der Waals surface area (Å²) in [4.78, 5) is 19.3. The number of nitro benzene ring substituents is 1. The molecule has 7 heteroatoms. The SMILES string of the molecule is O=[N+]([O-])c1ccc(N2CCN(CCO)CC2)c2ccncc12. The minimum Gasteiger partial charge on any atom is -0.395 e. The van der Waals surface area contributed by atoms with Crippen molar-refractivity contribution < 1.29 is 10.0 Å². The number of hydrogen-bond donors (Lipinski definition) is 1. The molecule has 1 saturated heterocycles. The van der Waals surface area contributed by atoms with Crippen LogP contribution in [0.1, 0.15) is 0 Å². The molecule has 7 nitrogen and oxygen atoms in total. The third kappa shape index (κ3) is 2.72. The number of rotatable bonds is 4. The molecular formula is C15H18N4O3.